The van der Waals surface area contributed by atoms with E-state index in [2.05, 4.69) is 26.0 Å². The Bertz CT molecular complexity index is 468. The van der Waals surface area contributed by atoms with Crippen molar-refractivity contribution in [3.63, 3.8) is 0 Å². The van der Waals surface area contributed by atoms with E-state index in [9.17, 15) is 5.11 Å². The van der Waals surface area contributed by atoms with Gasteiger partial charge in [-0.2, -0.15) is 0 Å². The maximum Gasteiger partial charge on any atom is 0.121 e. The minimum Gasteiger partial charge on any atom is -0.508 e. The zero-order chi connectivity index (χ0) is 10.3. The van der Waals surface area contributed by atoms with E-state index in [1.54, 1.807) is 0 Å². The molecule has 1 N–H and O–H groups in total. The van der Waals surface area contributed by atoms with Crippen LogP contribution in [0, 0.1) is 0 Å². The van der Waals surface area contributed by atoms with Crippen LogP contribution in [0.2, 0.25) is 0 Å². The van der Waals surface area contributed by atoms with Crippen molar-refractivity contribution < 1.29 is 5.11 Å². The van der Waals surface area contributed by atoms with Gasteiger partial charge in [-0.3, -0.25) is 0 Å². The monoisotopic (exact) mass is 189 g/mol. The molecule has 1 aromatic carbocycles. The molecule has 0 aliphatic heterocycles. The van der Waals surface area contributed by atoms with Gasteiger partial charge in [-0.15, -0.1) is 0 Å². The zero-order valence-corrected chi connectivity index (χ0v) is 8.78. The molecule has 14 heavy (non-hydrogen) atoms. The smallest absolute Gasteiger partial charge is 0.121 e. The van der Waals surface area contributed by atoms with Crippen molar-refractivity contribution in [1.82, 2.24) is 4.57 Å². The fourth-order valence-corrected chi connectivity index (χ4v) is 1.79. The molecule has 0 aliphatic carbocycles. The summed E-state index contributed by atoms with van der Waals surface area (Å²) in [5.74, 6) is 0.758. The molecule has 0 radical (unpaired) electrons. The Morgan fingerprint density at radius 2 is 2.00 bits per heavy atom. The summed E-state index contributed by atoms with van der Waals surface area (Å²) in [5.41, 5.74) is 2.09. The van der Waals surface area contributed by atoms with Gasteiger partial charge < -0.3 is 9.67 Å². The summed E-state index contributed by atoms with van der Waals surface area (Å²) >= 11 is 0. The standard InChI is InChI=1S/C12H15NO/c1-8(2)10-6-9-4-5-13(3)11(9)7-12(10)14/h4-8,14H,1-3H3. The second kappa shape index (κ2) is 3.05. The lowest BCUT2D eigenvalue weighted by Gasteiger charge is -2.08. The average molecular weight is 189 g/mol. The summed E-state index contributed by atoms with van der Waals surface area (Å²) in [4.78, 5) is 0. The van der Waals surface area contributed by atoms with E-state index in [4.69, 9.17) is 0 Å². The Labute approximate surface area is 83.8 Å². The normalized spacial score (nSPS) is 11.4. The predicted octanol–water partition coefficient (Wildman–Crippen LogP) is 3.01. The molecule has 2 nitrogen and oxygen atoms in total. The molecule has 2 rings (SSSR count). The van der Waals surface area contributed by atoms with Crippen LogP contribution in [0.3, 0.4) is 0 Å². The number of aryl methyl sites for hydroxylation is 1. The Morgan fingerprint density at radius 1 is 1.29 bits per heavy atom. The van der Waals surface area contributed by atoms with Crippen LogP contribution < -0.4 is 0 Å². The van der Waals surface area contributed by atoms with Gasteiger partial charge in [-0.25, -0.2) is 0 Å². The third kappa shape index (κ3) is 1.27. The van der Waals surface area contributed by atoms with Crippen molar-refractivity contribution in [3.05, 3.63) is 30.0 Å². The van der Waals surface area contributed by atoms with Crippen molar-refractivity contribution in [2.24, 2.45) is 7.05 Å². The number of hydrogen-bond acceptors (Lipinski definition) is 1. The van der Waals surface area contributed by atoms with Crippen LogP contribution in [0.25, 0.3) is 10.9 Å². The van der Waals surface area contributed by atoms with E-state index < -0.39 is 0 Å². The summed E-state index contributed by atoms with van der Waals surface area (Å²) in [6.07, 6.45) is 2.01. The van der Waals surface area contributed by atoms with Gasteiger partial charge in [-0.1, -0.05) is 13.8 Å². The van der Waals surface area contributed by atoms with Crippen LogP contribution in [0.1, 0.15) is 25.3 Å². The molecule has 0 bridgehead atoms. The van der Waals surface area contributed by atoms with E-state index >= 15 is 0 Å². The second-order valence-electron chi connectivity index (χ2n) is 4.05. The number of phenols is 1. The molecule has 0 aliphatic rings. The topological polar surface area (TPSA) is 25.2 Å². The van der Waals surface area contributed by atoms with Crippen LogP contribution in [-0.4, -0.2) is 9.67 Å². The van der Waals surface area contributed by atoms with E-state index in [-0.39, 0.29) is 0 Å². The van der Waals surface area contributed by atoms with Gasteiger partial charge in [0, 0.05) is 24.7 Å². The molecular formula is C12H15NO. The number of aromatic nitrogens is 1. The first-order valence-electron chi connectivity index (χ1n) is 4.87. The number of nitrogens with zero attached hydrogens (tertiary/aromatic N) is 1. The molecule has 2 heteroatoms. The van der Waals surface area contributed by atoms with E-state index in [0.29, 0.717) is 11.7 Å². The second-order valence-corrected chi connectivity index (χ2v) is 4.05. The van der Waals surface area contributed by atoms with Crippen molar-refractivity contribution in [2.45, 2.75) is 19.8 Å². The van der Waals surface area contributed by atoms with Crippen LogP contribution in [0.4, 0.5) is 0 Å². The Balaban J connectivity index is 2.72. The molecule has 0 saturated carbocycles. The average Bonchev–Trinajstić information content (AvgIpc) is 2.46. The van der Waals surface area contributed by atoms with Gasteiger partial charge >= 0.3 is 0 Å². The maximum atomic E-state index is 9.81. The molecule has 0 amide bonds. The van der Waals surface area contributed by atoms with Gasteiger partial charge in [0.2, 0.25) is 0 Å². The SMILES string of the molecule is CC(C)c1cc2ccn(C)c2cc1O. The van der Waals surface area contributed by atoms with Crippen LogP contribution in [-0.2, 0) is 7.05 Å². The molecule has 74 valence electrons. The van der Waals surface area contributed by atoms with Crippen molar-refractivity contribution >= 4 is 10.9 Å². The van der Waals surface area contributed by atoms with Crippen LogP contribution in [0.5, 0.6) is 5.75 Å². The summed E-state index contributed by atoms with van der Waals surface area (Å²) in [5, 5.41) is 11.0. The largest absolute Gasteiger partial charge is 0.508 e. The minimum absolute atomic E-state index is 0.361. The highest BCUT2D eigenvalue weighted by atomic mass is 16.3. The highest BCUT2D eigenvalue weighted by Gasteiger charge is 2.08. The number of aromatic hydroxyl groups is 1. The summed E-state index contributed by atoms with van der Waals surface area (Å²) in [7, 11) is 1.98. The molecule has 1 aromatic heterocycles. The van der Waals surface area contributed by atoms with Crippen molar-refractivity contribution in [1.29, 1.82) is 0 Å². The maximum absolute atomic E-state index is 9.81. The minimum atomic E-state index is 0.361. The van der Waals surface area contributed by atoms with Gasteiger partial charge in [0.1, 0.15) is 5.75 Å². The van der Waals surface area contributed by atoms with Crippen molar-refractivity contribution in [2.75, 3.05) is 0 Å². The lowest BCUT2D eigenvalue weighted by Crippen LogP contribution is -1.89. The van der Waals surface area contributed by atoms with E-state index in [0.717, 1.165) is 11.1 Å². The highest BCUT2D eigenvalue weighted by molar-refractivity contribution is 5.82. The first-order valence-corrected chi connectivity index (χ1v) is 4.87. The summed E-state index contributed by atoms with van der Waals surface area (Å²) < 4.78 is 2.01. The third-order valence-electron chi connectivity index (χ3n) is 2.66. The number of benzene rings is 1. The molecule has 1 heterocycles. The fraction of sp³-hybridized carbons (Fsp3) is 0.333. The quantitative estimate of drug-likeness (QED) is 0.733. The third-order valence-corrected chi connectivity index (χ3v) is 2.66. The van der Waals surface area contributed by atoms with Gasteiger partial charge in [0.15, 0.2) is 0 Å². The molecule has 0 fully saturated rings. The number of rotatable bonds is 1. The molecular weight excluding hydrogens is 174 g/mol. The van der Waals surface area contributed by atoms with Crippen molar-refractivity contribution in [3.8, 4) is 5.75 Å². The summed E-state index contributed by atoms with van der Waals surface area (Å²) in [6, 6.07) is 5.97. The summed E-state index contributed by atoms with van der Waals surface area (Å²) in [6.45, 7) is 4.17. The molecule has 2 aromatic rings. The molecule has 0 atom stereocenters. The number of fused-ring (bicyclic) bond motifs is 1. The Kier molecular flexibility index (Phi) is 1.99. The Morgan fingerprint density at radius 3 is 2.64 bits per heavy atom. The van der Waals surface area contributed by atoms with Gasteiger partial charge in [-0.05, 0) is 23.6 Å². The molecule has 0 spiro atoms. The van der Waals surface area contributed by atoms with Gasteiger partial charge in [0.05, 0.1) is 5.52 Å². The molecule has 0 saturated heterocycles. The number of phenolic OH excluding ortho intramolecular Hbond substituents is 1. The first kappa shape index (κ1) is 9.13. The first-order chi connectivity index (χ1) is 6.59. The van der Waals surface area contributed by atoms with Crippen LogP contribution >= 0.6 is 0 Å². The molecule has 0 unspecified atom stereocenters. The van der Waals surface area contributed by atoms with Gasteiger partial charge in [0.25, 0.3) is 0 Å². The van der Waals surface area contributed by atoms with Crippen LogP contribution in [0.15, 0.2) is 24.4 Å². The fourth-order valence-electron chi connectivity index (χ4n) is 1.79. The number of hydrogen-bond donors (Lipinski definition) is 1. The van der Waals surface area contributed by atoms with E-state index in [1.165, 1.54) is 5.39 Å². The lowest BCUT2D eigenvalue weighted by molar-refractivity contribution is 0.465. The lowest BCUT2D eigenvalue weighted by atomic mass is 10.0. The zero-order valence-electron chi connectivity index (χ0n) is 8.78. The highest BCUT2D eigenvalue weighted by Crippen LogP contribution is 2.30. The predicted molar refractivity (Wildman–Crippen MR) is 58.7 cm³/mol. The van der Waals surface area contributed by atoms with E-state index in [1.807, 2.05) is 23.9 Å². The Hall–Kier alpha value is -1.44.